The molecule has 0 heterocycles. The number of allylic oxidation sites excluding steroid dienone is 9. The van der Waals surface area contributed by atoms with E-state index in [4.69, 9.17) is 9.47 Å². The lowest BCUT2D eigenvalue weighted by Gasteiger charge is -2.43. The van der Waals surface area contributed by atoms with Crippen molar-refractivity contribution in [2.45, 2.75) is 64.2 Å². The van der Waals surface area contributed by atoms with Crippen molar-refractivity contribution in [2.24, 2.45) is 23.7 Å². The number of carboxylic acid groups (broad SMARTS) is 1. The van der Waals surface area contributed by atoms with Crippen molar-refractivity contribution >= 4 is 17.8 Å². The lowest BCUT2D eigenvalue weighted by Crippen LogP contribution is -2.30. The number of aromatic hydroxyl groups is 1. The van der Waals surface area contributed by atoms with Gasteiger partial charge < -0.3 is 19.7 Å². The first-order valence-corrected chi connectivity index (χ1v) is 16.7. The van der Waals surface area contributed by atoms with Crippen LogP contribution < -0.4 is 9.47 Å². The van der Waals surface area contributed by atoms with Crippen molar-refractivity contribution in [1.29, 1.82) is 0 Å². The van der Waals surface area contributed by atoms with Crippen LogP contribution in [0.3, 0.4) is 0 Å². The third-order valence-electron chi connectivity index (χ3n) is 10.5. The number of phenols is 1. The van der Waals surface area contributed by atoms with Crippen LogP contribution in [0.25, 0.3) is 6.08 Å². The summed E-state index contributed by atoms with van der Waals surface area (Å²) in [4.78, 5) is 23.6. The fraction of sp³-hybridized carbons (Fsp3) is 0.400. The lowest BCUT2D eigenvalue weighted by molar-refractivity contribution is -0.142. The van der Waals surface area contributed by atoms with Gasteiger partial charge in [0.1, 0.15) is 22.8 Å². The first-order valence-electron chi connectivity index (χ1n) is 16.7. The number of carboxylic acids is 1. The zero-order valence-electron chi connectivity index (χ0n) is 26.8. The highest BCUT2D eigenvalue weighted by molar-refractivity contribution is 6.10. The number of phenolic OH excluding ortho intramolecular Hbond substituents is 1. The van der Waals surface area contributed by atoms with Crippen LogP contribution >= 0.6 is 0 Å². The Morgan fingerprint density at radius 3 is 2.48 bits per heavy atom. The number of benzene rings is 2. The van der Waals surface area contributed by atoms with E-state index in [0.717, 1.165) is 24.3 Å². The molecule has 0 spiro atoms. The molecule has 6 heteroatoms. The molecule has 0 saturated heterocycles. The monoisotopic (exact) mass is 620 g/mol. The Bertz CT molecular complexity index is 1640. The number of hydrogen-bond acceptors (Lipinski definition) is 5. The molecule has 6 nitrogen and oxygen atoms in total. The third kappa shape index (κ3) is 6.48. The van der Waals surface area contributed by atoms with Gasteiger partial charge in [-0.1, -0.05) is 72.2 Å². The molecule has 1 saturated carbocycles. The third-order valence-corrected chi connectivity index (χ3v) is 10.5. The number of methoxy groups -OCH3 is 2. The molecule has 1 fully saturated rings. The molecular weight excluding hydrogens is 576 g/mol. The number of hydrogen-bond donors (Lipinski definition) is 2. The Morgan fingerprint density at radius 1 is 0.891 bits per heavy atom. The van der Waals surface area contributed by atoms with Crippen LogP contribution in [0, 0.1) is 23.7 Å². The van der Waals surface area contributed by atoms with Crippen LogP contribution in [0.15, 0.2) is 94.6 Å². The summed E-state index contributed by atoms with van der Waals surface area (Å²) in [5, 5.41) is 19.4. The second-order valence-corrected chi connectivity index (χ2v) is 13.1. The number of rotatable bonds is 6. The highest BCUT2D eigenvalue weighted by Crippen LogP contribution is 2.53. The van der Waals surface area contributed by atoms with E-state index in [-0.39, 0.29) is 28.8 Å². The van der Waals surface area contributed by atoms with Gasteiger partial charge in [0, 0.05) is 18.1 Å². The zero-order chi connectivity index (χ0) is 32.2. The number of carbonyl (C=O) groups excluding carboxylic acids is 1. The molecule has 0 aliphatic heterocycles. The van der Waals surface area contributed by atoms with Gasteiger partial charge >= 0.3 is 5.97 Å². The summed E-state index contributed by atoms with van der Waals surface area (Å²) < 4.78 is 10.2. The second kappa shape index (κ2) is 14.0. The molecule has 4 unspecified atom stereocenters. The molecule has 5 aliphatic rings. The Kier molecular flexibility index (Phi) is 9.62. The van der Waals surface area contributed by atoms with Crippen molar-refractivity contribution in [2.75, 3.05) is 14.2 Å². The van der Waals surface area contributed by atoms with Crippen LogP contribution in [0.2, 0.25) is 0 Å². The summed E-state index contributed by atoms with van der Waals surface area (Å²) in [7, 11) is 2.91. The van der Waals surface area contributed by atoms with Crippen LogP contribution in [-0.4, -0.2) is 36.2 Å². The zero-order valence-corrected chi connectivity index (χ0v) is 26.8. The van der Waals surface area contributed by atoms with Crippen molar-refractivity contribution in [1.82, 2.24) is 0 Å². The number of fused-ring (bicyclic) bond motifs is 5. The van der Waals surface area contributed by atoms with Crippen molar-refractivity contribution in [3.63, 3.8) is 0 Å². The average molecular weight is 621 g/mol. The van der Waals surface area contributed by atoms with E-state index in [2.05, 4.69) is 18.2 Å². The first kappa shape index (κ1) is 31.7. The summed E-state index contributed by atoms with van der Waals surface area (Å²) in [5.74, 6) is 1.42. The number of aliphatic carboxylic acids is 1. The van der Waals surface area contributed by atoms with Crippen LogP contribution in [0.4, 0.5) is 0 Å². The Balaban J connectivity index is 0.000000165. The maximum Gasteiger partial charge on any atom is 0.306 e. The predicted octanol–water partition coefficient (Wildman–Crippen LogP) is 8.89. The molecule has 0 amide bonds. The normalized spacial score (nSPS) is 24.9. The summed E-state index contributed by atoms with van der Waals surface area (Å²) in [6, 6.07) is 12.4. The molecule has 2 aromatic carbocycles. The van der Waals surface area contributed by atoms with Gasteiger partial charge in [0.15, 0.2) is 5.78 Å². The average Bonchev–Trinajstić information content (AvgIpc) is 3.10. The summed E-state index contributed by atoms with van der Waals surface area (Å²) in [6.45, 7) is 0. The van der Waals surface area contributed by atoms with Gasteiger partial charge in [-0.25, -0.2) is 0 Å². The summed E-state index contributed by atoms with van der Waals surface area (Å²) in [5.41, 5.74) is 9.13. The van der Waals surface area contributed by atoms with E-state index in [1.54, 1.807) is 28.9 Å². The molecule has 0 aromatic heterocycles. The van der Waals surface area contributed by atoms with E-state index >= 15 is 0 Å². The highest BCUT2D eigenvalue weighted by Gasteiger charge is 2.39. The molecular formula is C40H44O6. The minimum atomic E-state index is -0.614. The standard InChI is InChI=1S/C23H28O2.C17H16O4/c24-23(25)16-7-8-18-15(13-16)6-10-22-20(18)12-11-19-17-4-2-1-3-14(17)5-9-21(19)22;1-20-13-10-15(19)17(16(11-13)21-2)14(18)9-8-12-6-4-3-5-7-12/h8,11-12,14-16,21H,1-7,9-10,13H2,(H,24,25);3-11,19H,1-2H3. The number of carbonyl (C=O) groups is 2. The van der Waals surface area contributed by atoms with Gasteiger partial charge in [0.2, 0.25) is 0 Å². The van der Waals surface area contributed by atoms with Gasteiger partial charge in [-0.2, -0.15) is 0 Å². The Morgan fingerprint density at radius 2 is 1.72 bits per heavy atom. The molecule has 4 atom stereocenters. The number of ketones is 1. The Labute approximate surface area is 271 Å². The molecule has 2 aromatic rings. The van der Waals surface area contributed by atoms with Crippen LogP contribution in [-0.2, 0) is 4.79 Å². The largest absolute Gasteiger partial charge is 0.507 e. The van der Waals surface area contributed by atoms with E-state index < -0.39 is 5.97 Å². The van der Waals surface area contributed by atoms with Gasteiger partial charge in [0.05, 0.1) is 20.1 Å². The molecule has 46 heavy (non-hydrogen) atoms. The fourth-order valence-electron chi connectivity index (χ4n) is 8.23. The van der Waals surface area contributed by atoms with E-state index in [1.165, 1.54) is 82.5 Å². The molecule has 5 aliphatic carbocycles. The first-order chi connectivity index (χ1) is 22.4. The minimum absolute atomic E-state index is 0.116. The summed E-state index contributed by atoms with van der Waals surface area (Å²) >= 11 is 0. The molecule has 2 N–H and O–H groups in total. The maximum atomic E-state index is 12.3. The van der Waals surface area contributed by atoms with E-state index in [1.807, 2.05) is 30.3 Å². The van der Waals surface area contributed by atoms with Crippen molar-refractivity contribution in [3.05, 3.63) is 106 Å². The summed E-state index contributed by atoms with van der Waals surface area (Å²) in [6.07, 6.45) is 22.3. The fourth-order valence-corrected chi connectivity index (χ4v) is 8.23. The molecule has 0 bridgehead atoms. The van der Waals surface area contributed by atoms with Gasteiger partial charge in [-0.05, 0) is 98.0 Å². The van der Waals surface area contributed by atoms with Gasteiger partial charge in [0.25, 0.3) is 0 Å². The smallest absolute Gasteiger partial charge is 0.306 e. The molecule has 240 valence electrons. The van der Waals surface area contributed by atoms with Gasteiger partial charge in [-0.15, -0.1) is 0 Å². The quantitative estimate of drug-likeness (QED) is 0.248. The van der Waals surface area contributed by atoms with Crippen LogP contribution in [0.5, 0.6) is 17.2 Å². The SMILES string of the molecule is COc1cc(O)c(C(=O)C=Cc2ccccc2)c(OC)c1.O=C(O)C1CC=C2C3=C(CCC2C1)C1CCC2CCCCC2=C1C=C3. The second-order valence-electron chi connectivity index (χ2n) is 13.1. The highest BCUT2D eigenvalue weighted by atomic mass is 16.5. The maximum absolute atomic E-state index is 12.3. The Hall–Kier alpha value is -4.32. The van der Waals surface area contributed by atoms with Crippen molar-refractivity contribution < 1.29 is 29.3 Å². The molecule has 7 rings (SSSR count). The minimum Gasteiger partial charge on any atom is -0.507 e. The topological polar surface area (TPSA) is 93.1 Å². The van der Waals surface area contributed by atoms with Crippen LogP contribution in [0.1, 0.15) is 80.1 Å². The van der Waals surface area contributed by atoms with E-state index in [9.17, 15) is 19.8 Å². The number of ether oxygens (including phenoxy) is 2. The van der Waals surface area contributed by atoms with E-state index in [0.29, 0.717) is 24.0 Å². The lowest BCUT2D eigenvalue weighted by atomic mass is 9.62. The molecule has 0 radical (unpaired) electrons. The van der Waals surface area contributed by atoms with Crippen molar-refractivity contribution in [3.8, 4) is 17.2 Å². The van der Waals surface area contributed by atoms with Gasteiger partial charge in [-0.3, -0.25) is 9.59 Å². The predicted molar refractivity (Wildman–Crippen MR) is 180 cm³/mol.